The fourth-order valence-electron chi connectivity index (χ4n) is 1.10. The van der Waals surface area contributed by atoms with Crippen molar-refractivity contribution in [2.45, 2.75) is 6.42 Å². The lowest BCUT2D eigenvalue weighted by Gasteiger charge is -2.06. The molecule has 0 spiro atoms. The Balaban J connectivity index is 2.56. The molecule has 1 aromatic rings. The lowest BCUT2D eigenvalue weighted by Crippen LogP contribution is -2.26. The predicted molar refractivity (Wildman–Crippen MR) is 67.8 cm³/mol. The maximum absolute atomic E-state index is 11.0. The summed E-state index contributed by atoms with van der Waals surface area (Å²) in [4.78, 5) is 0. The van der Waals surface area contributed by atoms with Crippen LogP contribution in [0.1, 0.15) is 5.56 Å². The van der Waals surface area contributed by atoms with Crippen LogP contribution in [-0.2, 0) is 16.4 Å². The number of nitrogens with one attached hydrogen (secondary N) is 1. The normalized spacial score (nSPS) is 11.7. The van der Waals surface area contributed by atoms with Crippen LogP contribution in [-0.4, -0.2) is 20.2 Å². The van der Waals surface area contributed by atoms with E-state index in [4.69, 9.17) is 34.8 Å². The van der Waals surface area contributed by atoms with Crippen molar-refractivity contribution in [1.29, 1.82) is 0 Å². The molecule has 0 aliphatic carbocycles. The highest BCUT2D eigenvalue weighted by Crippen LogP contribution is 2.21. The van der Waals surface area contributed by atoms with Gasteiger partial charge in [0.05, 0.1) is 0 Å². The van der Waals surface area contributed by atoms with E-state index in [0.29, 0.717) is 16.5 Å². The lowest BCUT2D eigenvalue weighted by molar-refractivity contribution is 0.586. The molecule has 0 amide bonds. The van der Waals surface area contributed by atoms with Crippen LogP contribution in [0.3, 0.4) is 0 Å². The van der Waals surface area contributed by atoms with Crippen LogP contribution in [0.4, 0.5) is 0 Å². The Hall–Kier alpha value is -0.000000000000000111. The largest absolute Gasteiger partial charge is 0.225 e. The van der Waals surface area contributed by atoms with Crippen LogP contribution >= 0.6 is 34.8 Å². The molecule has 0 saturated heterocycles. The van der Waals surface area contributed by atoms with E-state index in [9.17, 15) is 8.42 Å². The molecule has 0 unspecified atom stereocenters. The molecule has 1 N–H and O–H groups in total. The first kappa shape index (κ1) is 14.1. The molecule has 0 aliphatic heterocycles. The molecule has 90 valence electrons. The zero-order valence-electron chi connectivity index (χ0n) is 8.21. The van der Waals surface area contributed by atoms with Gasteiger partial charge in [-0.1, -0.05) is 29.3 Å². The number of benzene rings is 1. The molecule has 16 heavy (non-hydrogen) atoms. The average molecular weight is 303 g/mol. The Kier molecular flexibility index (Phi) is 5.34. The summed E-state index contributed by atoms with van der Waals surface area (Å²) in [5.74, 6) is 0. The Morgan fingerprint density at radius 2 is 1.94 bits per heavy atom. The Morgan fingerprint density at radius 1 is 1.25 bits per heavy atom. The molecule has 0 bridgehead atoms. The number of sulfonamides is 1. The van der Waals surface area contributed by atoms with Gasteiger partial charge in [0, 0.05) is 16.6 Å². The first-order valence-electron chi connectivity index (χ1n) is 4.42. The molecule has 0 atom stereocenters. The molecular formula is C9H10Cl3NO2S. The molecule has 0 heterocycles. The Bertz CT molecular complexity index is 462. The van der Waals surface area contributed by atoms with Crippen molar-refractivity contribution in [3.05, 3.63) is 33.8 Å². The third-order valence-electron chi connectivity index (χ3n) is 1.88. The second kappa shape index (κ2) is 6.07. The van der Waals surface area contributed by atoms with E-state index in [1.807, 2.05) is 0 Å². The number of rotatable bonds is 5. The van der Waals surface area contributed by atoms with E-state index in [-0.39, 0.29) is 6.54 Å². The summed E-state index contributed by atoms with van der Waals surface area (Å²) in [6, 6.07) is 5.09. The van der Waals surface area contributed by atoms with Gasteiger partial charge in [0.2, 0.25) is 10.0 Å². The maximum atomic E-state index is 11.0. The summed E-state index contributed by atoms with van der Waals surface area (Å²) in [6.07, 6.45) is 0.492. The van der Waals surface area contributed by atoms with Gasteiger partial charge in [-0.2, -0.15) is 0 Å². The number of hydrogen-bond acceptors (Lipinski definition) is 2. The Morgan fingerprint density at radius 3 is 2.50 bits per heavy atom. The number of halogens is 3. The standard InChI is InChI=1S/C9H10Cl3NO2S/c10-6-16(14,15)13-4-3-7-1-2-8(11)5-9(7)12/h1-2,5,13H,3-4,6H2. The molecule has 3 nitrogen and oxygen atoms in total. The molecule has 0 saturated carbocycles. The van der Waals surface area contributed by atoms with Crippen LogP contribution in [0.25, 0.3) is 0 Å². The van der Waals surface area contributed by atoms with Gasteiger partial charge in [0.15, 0.2) is 0 Å². The van der Waals surface area contributed by atoms with Crippen LogP contribution < -0.4 is 4.72 Å². The fourth-order valence-corrected chi connectivity index (χ4v) is 2.33. The van der Waals surface area contributed by atoms with Gasteiger partial charge < -0.3 is 0 Å². The smallest absolute Gasteiger partial charge is 0.214 e. The number of hydrogen-bond donors (Lipinski definition) is 1. The van der Waals surface area contributed by atoms with Crippen LogP contribution in [0.2, 0.25) is 10.0 Å². The van der Waals surface area contributed by atoms with Crippen molar-refractivity contribution in [1.82, 2.24) is 4.72 Å². The van der Waals surface area contributed by atoms with Gasteiger partial charge in [-0.05, 0) is 24.1 Å². The topological polar surface area (TPSA) is 46.2 Å². The second-order valence-corrected chi connectivity index (χ2v) is 6.34. The second-order valence-electron chi connectivity index (χ2n) is 3.10. The zero-order valence-corrected chi connectivity index (χ0v) is 11.3. The predicted octanol–water partition coefficient (Wildman–Crippen LogP) is 2.65. The quantitative estimate of drug-likeness (QED) is 0.850. The van der Waals surface area contributed by atoms with Crippen molar-refractivity contribution in [2.24, 2.45) is 0 Å². The zero-order chi connectivity index (χ0) is 12.2. The van der Waals surface area contributed by atoms with E-state index >= 15 is 0 Å². The summed E-state index contributed by atoms with van der Waals surface area (Å²) in [7, 11) is -3.36. The molecule has 0 fully saturated rings. The van der Waals surface area contributed by atoms with E-state index < -0.39 is 15.2 Å². The molecule has 1 aromatic carbocycles. The highest BCUT2D eigenvalue weighted by atomic mass is 35.5. The SMILES string of the molecule is O=S(=O)(CCl)NCCc1ccc(Cl)cc1Cl. The first-order chi connectivity index (χ1) is 7.44. The van der Waals surface area contributed by atoms with E-state index in [1.165, 1.54) is 0 Å². The number of alkyl halides is 1. The third-order valence-corrected chi connectivity index (χ3v) is 4.26. The third kappa shape index (κ3) is 4.47. The van der Waals surface area contributed by atoms with E-state index in [0.717, 1.165) is 5.56 Å². The Labute approximate surface area is 110 Å². The van der Waals surface area contributed by atoms with Gasteiger partial charge in [-0.3, -0.25) is 0 Å². The van der Waals surface area contributed by atoms with Crippen LogP contribution in [0.5, 0.6) is 0 Å². The summed E-state index contributed by atoms with van der Waals surface area (Å²) in [5, 5.41) is 0.633. The molecular weight excluding hydrogens is 293 g/mol. The van der Waals surface area contributed by atoms with Gasteiger partial charge in [0.25, 0.3) is 0 Å². The molecule has 1 rings (SSSR count). The summed E-state index contributed by atoms with van der Waals surface area (Å²) in [5.41, 5.74) is 0.836. The lowest BCUT2D eigenvalue weighted by atomic mass is 10.1. The minimum Gasteiger partial charge on any atom is -0.214 e. The first-order valence-corrected chi connectivity index (χ1v) is 7.36. The van der Waals surface area contributed by atoms with Crippen molar-refractivity contribution >= 4 is 44.8 Å². The van der Waals surface area contributed by atoms with Crippen molar-refractivity contribution in [3.63, 3.8) is 0 Å². The fraction of sp³-hybridized carbons (Fsp3) is 0.333. The van der Waals surface area contributed by atoms with Gasteiger partial charge in [0.1, 0.15) is 5.21 Å². The molecule has 0 radical (unpaired) electrons. The van der Waals surface area contributed by atoms with E-state index in [2.05, 4.69) is 4.72 Å². The minimum atomic E-state index is -3.36. The summed E-state index contributed by atoms with van der Waals surface area (Å²) in [6.45, 7) is 0.260. The average Bonchev–Trinajstić information content (AvgIpc) is 2.21. The van der Waals surface area contributed by atoms with Crippen molar-refractivity contribution in [2.75, 3.05) is 11.8 Å². The van der Waals surface area contributed by atoms with Gasteiger partial charge in [-0.25, -0.2) is 13.1 Å². The highest BCUT2D eigenvalue weighted by molar-refractivity contribution is 7.90. The minimum absolute atomic E-state index is 0.260. The van der Waals surface area contributed by atoms with Crippen LogP contribution in [0, 0.1) is 0 Å². The molecule has 7 heteroatoms. The monoisotopic (exact) mass is 301 g/mol. The van der Waals surface area contributed by atoms with Gasteiger partial charge in [-0.15, -0.1) is 11.6 Å². The summed E-state index contributed by atoms with van der Waals surface area (Å²) < 4.78 is 24.4. The molecule has 0 aromatic heterocycles. The van der Waals surface area contributed by atoms with Crippen LogP contribution in [0.15, 0.2) is 18.2 Å². The van der Waals surface area contributed by atoms with Crippen molar-refractivity contribution in [3.8, 4) is 0 Å². The molecule has 0 aliphatic rings. The van der Waals surface area contributed by atoms with Gasteiger partial charge >= 0.3 is 0 Å². The maximum Gasteiger partial charge on any atom is 0.225 e. The summed E-state index contributed by atoms with van der Waals surface area (Å²) >= 11 is 16.9. The van der Waals surface area contributed by atoms with E-state index in [1.54, 1.807) is 18.2 Å². The highest BCUT2D eigenvalue weighted by Gasteiger charge is 2.07. The van der Waals surface area contributed by atoms with Crippen molar-refractivity contribution < 1.29 is 8.42 Å².